The first-order valence-corrected chi connectivity index (χ1v) is 11.1. The van der Waals surface area contributed by atoms with E-state index in [1.54, 1.807) is 7.11 Å². The number of rotatable bonds is 7. The number of hydrogen-bond donors (Lipinski definition) is 0. The summed E-state index contributed by atoms with van der Waals surface area (Å²) < 4.78 is 13.1. The minimum atomic E-state index is 0.544. The predicted molar refractivity (Wildman–Crippen MR) is 118 cm³/mol. The molecule has 0 saturated heterocycles. The topological polar surface area (TPSA) is 51.9 Å². The third-order valence-electron chi connectivity index (χ3n) is 6.00. The van der Waals surface area contributed by atoms with Crippen LogP contribution in [-0.4, -0.2) is 34.8 Å². The Hall–Kier alpha value is -2.31. The first-order chi connectivity index (χ1) is 14.6. The summed E-state index contributed by atoms with van der Waals surface area (Å²) in [7, 11) is 1.64. The van der Waals surface area contributed by atoms with E-state index in [-0.39, 0.29) is 0 Å². The molecule has 1 aliphatic heterocycles. The molecule has 0 unspecified atom stereocenters. The lowest BCUT2D eigenvalue weighted by atomic mass is 10.1. The highest BCUT2D eigenvalue weighted by atomic mass is 35.5. The van der Waals surface area contributed by atoms with Crippen LogP contribution in [0, 0.1) is 12.8 Å². The maximum Gasteiger partial charge on any atom is 0.165 e. The van der Waals surface area contributed by atoms with Gasteiger partial charge < -0.3 is 14.4 Å². The van der Waals surface area contributed by atoms with Crippen LogP contribution in [-0.2, 0) is 18.0 Å². The molecule has 3 aromatic rings. The molecule has 1 aliphatic carbocycles. The zero-order valence-electron chi connectivity index (χ0n) is 17.7. The lowest BCUT2D eigenvalue weighted by Crippen LogP contribution is -2.30. The van der Waals surface area contributed by atoms with Crippen molar-refractivity contribution in [2.45, 2.75) is 46.3 Å². The molecule has 2 aliphatic rings. The molecule has 3 heterocycles. The Morgan fingerprint density at radius 1 is 1.30 bits per heavy atom. The number of benzene rings is 1. The molecular formula is C23H27ClN4O2. The zero-order valence-corrected chi connectivity index (χ0v) is 18.5. The molecule has 0 N–H and O–H groups in total. The summed E-state index contributed by atoms with van der Waals surface area (Å²) in [4.78, 5) is 7.49. The molecule has 0 atom stereocenters. The Bertz CT molecular complexity index is 1110. The van der Waals surface area contributed by atoms with Gasteiger partial charge in [-0.2, -0.15) is 9.61 Å². The molecule has 30 heavy (non-hydrogen) atoms. The number of anilines is 1. The summed E-state index contributed by atoms with van der Waals surface area (Å²) in [5.74, 6) is 2.66. The average Bonchev–Trinajstić information content (AvgIpc) is 3.32. The quantitative estimate of drug-likeness (QED) is 0.530. The molecule has 158 valence electrons. The second-order valence-electron chi connectivity index (χ2n) is 8.28. The lowest BCUT2D eigenvalue weighted by molar-refractivity contribution is 0.133. The minimum Gasteiger partial charge on any atom is -0.497 e. The average molecular weight is 427 g/mol. The van der Waals surface area contributed by atoms with Gasteiger partial charge in [-0.25, -0.2) is 4.98 Å². The van der Waals surface area contributed by atoms with Crippen LogP contribution in [0.15, 0.2) is 18.2 Å². The first kappa shape index (κ1) is 19.6. The van der Waals surface area contributed by atoms with Gasteiger partial charge >= 0.3 is 0 Å². The van der Waals surface area contributed by atoms with Gasteiger partial charge in [0.05, 0.1) is 42.3 Å². The van der Waals surface area contributed by atoms with Crippen molar-refractivity contribution < 1.29 is 9.47 Å². The van der Waals surface area contributed by atoms with Gasteiger partial charge in [-0.1, -0.05) is 18.5 Å². The Labute approximate surface area is 181 Å². The van der Waals surface area contributed by atoms with Gasteiger partial charge in [-0.05, 0) is 50.3 Å². The minimum absolute atomic E-state index is 0.544. The number of halogens is 1. The van der Waals surface area contributed by atoms with Gasteiger partial charge in [0.15, 0.2) is 5.65 Å². The van der Waals surface area contributed by atoms with Crippen molar-refractivity contribution in [2.75, 3.05) is 25.1 Å². The zero-order chi connectivity index (χ0) is 20.8. The van der Waals surface area contributed by atoms with E-state index >= 15 is 0 Å². The van der Waals surface area contributed by atoms with E-state index in [2.05, 4.69) is 11.8 Å². The van der Waals surface area contributed by atoms with Crippen molar-refractivity contribution in [3.63, 3.8) is 0 Å². The third kappa shape index (κ3) is 3.32. The molecule has 1 aromatic carbocycles. The summed E-state index contributed by atoms with van der Waals surface area (Å²) in [5, 5.41) is 5.58. The molecule has 0 amide bonds. The number of hydrogen-bond acceptors (Lipinski definition) is 5. The highest BCUT2D eigenvalue weighted by molar-refractivity contribution is 6.33. The van der Waals surface area contributed by atoms with E-state index in [9.17, 15) is 0 Å². The standard InChI is InChI=1S/C23H27ClN4O2/c1-4-9-27(11-15-5-6-15)23-18-12-30-13-20(18)25-22-21(14(2)26-28(22)23)17-8-7-16(29-3)10-19(17)24/h7-8,10,15H,4-6,9,11-13H2,1-3H3. The third-order valence-corrected chi connectivity index (χ3v) is 6.31. The number of fused-ring (bicyclic) bond motifs is 2. The number of ether oxygens (including phenoxy) is 2. The van der Waals surface area contributed by atoms with Gasteiger partial charge in [-0.15, -0.1) is 0 Å². The first-order valence-electron chi connectivity index (χ1n) is 10.7. The molecule has 7 heteroatoms. The molecule has 6 nitrogen and oxygen atoms in total. The summed E-state index contributed by atoms with van der Waals surface area (Å²) in [5.41, 5.74) is 5.85. The van der Waals surface area contributed by atoms with E-state index in [1.165, 1.54) is 18.4 Å². The molecule has 0 radical (unpaired) electrons. The van der Waals surface area contributed by atoms with Crippen molar-refractivity contribution >= 4 is 23.1 Å². The van der Waals surface area contributed by atoms with Crippen LogP contribution in [0.4, 0.5) is 5.82 Å². The van der Waals surface area contributed by atoms with Crippen molar-refractivity contribution in [3.8, 4) is 16.9 Å². The highest BCUT2D eigenvalue weighted by Gasteiger charge is 2.31. The van der Waals surface area contributed by atoms with Gasteiger partial charge in [0.1, 0.15) is 11.6 Å². The smallest absolute Gasteiger partial charge is 0.165 e. The van der Waals surface area contributed by atoms with Crippen LogP contribution in [0.25, 0.3) is 16.8 Å². The maximum atomic E-state index is 6.64. The van der Waals surface area contributed by atoms with E-state index < -0.39 is 0 Å². The number of aromatic nitrogens is 3. The van der Waals surface area contributed by atoms with Crippen molar-refractivity contribution in [1.29, 1.82) is 0 Å². The fourth-order valence-corrected chi connectivity index (χ4v) is 4.63. The van der Waals surface area contributed by atoms with Crippen molar-refractivity contribution in [3.05, 3.63) is 40.2 Å². The van der Waals surface area contributed by atoms with Gasteiger partial charge in [0, 0.05) is 24.2 Å². The highest BCUT2D eigenvalue weighted by Crippen LogP contribution is 2.40. The van der Waals surface area contributed by atoms with Gasteiger partial charge in [-0.3, -0.25) is 0 Å². The van der Waals surface area contributed by atoms with Crippen molar-refractivity contribution in [1.82, 2.24) is 14.6 Å². The monoisotopic (exact) mass is 426 g/mol. The van der Waals surface area contributed by atoms with Crippen molar-refractivity contribution in [2.24, 2.45) is 5.92 Å². The summed E-state index contributed by atoms with van der Waals surface area (Å²) in [6.07, 6.45) is 3.72. The maximum absolute atomic E-state index is 6.64. The van der Waals surface area contributed by atoms with Gasteiger partial charge in [0.25, 0.3) is 0 Å². The van der Waals surface area contributed by atoms with Crippen LogP contribution in [0.5, 0.6) is 5.75 Å². The number of nitrogens with zero attached hydrogens (tertiary/aromatic N) is 4. The molecule has 1 fully saturated rings. The van der Waals surface area contributed by atoms with E-state index in [1.807, 2.05) is 29.6 Å². The van der Waals surface area contributed by atoms with Crippen LogP contribution in [0.3, 0.4) is 0 Å². The van der Waals surface area contributed by atoms with Crippen LogP contribution in [0.2, 0.25) is 5.02 Å². The second-order valence-corrected chi connectivity index (χ2v) is 8.69. The fourth-order valence-electron chi connectivity index (χ4n) is 4.37. The Balaban J connectivity index is 1.73. The van der Waals surface area contributed by atoms with E-state index in [4.69, 9.17) is 31.2 Å². The van der Waals surface area contributed by atoms with E-state index in [0.717, 1.165) is 65.2 Å². The Morgan fingerprint density at radius 2 is 2.13 bits per heavy atom. The molecule has 2 aromatic heterocycles. The largest absolute Gasteiger partial charge is 0.497 e. The Kier molecular flexibility index (Phi) is 5.07. The number of methoxy groups -OCH3 is 1. The molecule has 5 rings (SSSR count). The van der Waals surface area contributed by atoms with Crippen LogP contribution in [0.1, 0.15) is 43.1 Å². The lowest BCUT2D eigenvalue weighted by Gasteiger charge is -2.26. The van der Waals surface area contributed by atoms with Crippen LogP contribution >= 0.6 is 11.6 Å². The van der Waals surface area contributed by atoms with Gasteiger partial charge in [0.2, 0.25) is 0 Å². The summed E-state index contributed by atoms with van der Waals surface area (Å²) >= 11 is 6.64. The number of aryl methyl sites for hydroxylation is 1. The normalized spacial score (nSPS) is 15.6. The fraction of sp³-hybridized carbons (Fsp3) is 0.478. The Morgan fingerprint density at radius 3 is 2.83 bits per heavy atom. The SMILES string of the molecule is CCCN(CC1CC1)c1c2c(nc3c(-c4ccc(OC)cc4Cl)c(C)nn13)COC2. The van der Waals surface area contributed by atoms with E-state index in [0.29, 0.717) is 18.2 Å². The summed E-state index contributed by atoms with van der Waals surface area (Å²) in [6.45, 7) is 7.46. The molecule has 0 spiro atoms. The summed E-state index contributed by atoms with van der Waals surface area (Å²) in [6, 6.07) is 5.76. The molecule has 0 bridgehead atoms. The van der Waals surface area contributed by atoms with Crippen LogP contribution < -0.4 is 9.64 Å². The second kappa shape index (κ2) is 7.75. The molecule has 1 saturated carbocycles. The predicted octanol–water partition coefficient (Wildman–Crippen LogP) is 5.02. The molecular weight excluding hydrogens is 400 g/mol.